The van der Waals surface area contributed by atoms with Gasteiger partial charge in [0.25, 0.3) is 0 Å². The van der Waals surface area contributed by atoms with E-state index in [0.717, 1.165) is 5.56 Å². The summed E-state index contributed by atoms with van der Waals surface area (Å²) in [5.74, 6) is -0.00501. The van der Waals surface area contributed by atoms with Gasteiger partial charge in [-0.1, -0.05) is 72.3 Å². The fourth-order valence-electron chi connectivity index (χ4n) is 5.11. The number of nitrogens with one attached hydrogen (secondary N) is 1. The van der Waals surface area contributed by atoms with Gasteiger partial charge in [-0.3, -0.25) is 14.5 Å². The molecule has 0 saturated heterocycles. The van der Waals surface area contributed by atoms with Crippen LogP contribution in [0.2, 0.25) is 10.0 Å². The number of benzene rings is 2. The minimum atomic E-state index is -0.610. The van der Waals surface area contributed by atoms with Crippen molar-refractivity contribution < 1.29 is 14.3 Å². The number of carbonyl (C=O) groups is 2. The summed E-state index contributed by atoms with van der Waals surface area (Å²) in [5, 5.41) is 22.9. The number of amides is 1. The Kier molecular flexibility index (Phi) is 8.53. The Balaban J connectivity index is 1.45. The lowest BCUT2D eigenvalue weighted by atomic mass is 9.68. The highest BCUT2D eigenvalue weighted by Gasteiger charge is 2.45. The SMILES string of the molecule is COc1ccc(C2C(C#N)=C(N)N(c3nnc(SCC(=O)Nc4ccc(Cl)cc4Cl)s3)C3=C2C(=O)CC(C)(C)C3)cc1. The molecule has 0 radical (unpaired) electrons. The van der Waals surface area contributed by atoms with Crippen LogP contribution in [0.5, 0.6) is 5.75 Å². The Morgan fingerprint density at radius 2 is 1.98 bits per heavy atom. The molecule has 1 aliphatic heterocycles. The number of thioether (sulfide) groups is 1. The predicted molar refractivity (Wildman–Crippen MR) is 166 cm³/mol. The van der Waals surface area contributed by atoms with Crippen LogP contribution in [0.15, 0.2) is 69.5 Å². The number of carbonyl (C=O) groups excluding carboxylic acids is 2. The number of ether oxygens (including phenoxy) is 1. The number of hydrogen-bond donors (Lipinski definition) is 2. The lowest BCUT2D eigenvalue weighted by Crippen LogP contribution is -2.42. The van der Waals surface area contributed by atoms with Crippen molar-refractivity contribution in [3.8, 4) is 11.8 Å². The van der Waals surface area contributed by atoms with Crippen LogP contribution in [0.25, 0.3) is 0 Å². The van der Waals surface area contributed by atoms with Gasteiger partial charge in [-0.2, -0.15) is 5.26 Å². The van der Waals surface area contributed by atoms with Crippen LogP contribution in [0.3, 0.4) is 0 Å². The van der Waals surface area contributed by atoms with Crippen molar-refractivity contribution in [2.75, 3.05) is 23.1 Å². The summed E-state index contributed by atoms with van der Waals surface area (Å²) in [6.07, 6.45) is 0.890. The first-order valence-corrected chi connectivity index (χ1v) is 15.4. The van der Waals surface area contributed by atoms with E-state index in [1.54, 1.807) is 42.3 Å². The van der Waals surface area contributed by atoms with Crippen LogP contribution in [-0.4, -0.2) is 34.8 Å². The van der Waals surface area contributed by atoms with E-state index in [-0.39, 0.29) is 34.3 Å². The van der Waals surface area contributed by atoms with Gasteiger partial charge in [-0.15, -0.1) is 10.2 Å². The fourth-order valence-corrected chi connectivity index (χ4v) is 7.25. The Hall–Kier alpha value is -3.56. The summed E-state index contributed by atoms with van der Waals surface area (Å²) in [6.45, 7) is 4.06. The molecule has 0 bridgehead atoms. The van der Waals surface area contributed by atoms with Gasteiger partial charge in [0.05, 0.1) is 41.1 Å². The molecule has 42 heavy (non-hydrogen) atoms. The second kappa shape index (κ2) is 12.0. The number of nitrogens with two attached hydrogens (primary N) is 1. The van der Waals surface area contributed by atoms with Crippen molar-refractivity contribution in [2.45, 2.75) is 36.9 Å². The van der Waals surface area contributed by atoms with Crippen molar-refractivity contribution in [3.63, 3.8) is 0 Å². The van der Waals surface area contributed by atoms with Gasteiger partial charge in [0.15, 0.2) is 10.1 Å². The van der Waals surface area contributed by atoms with E-state index in [2.05, 4.69) is 21.6 Å². The molecule has 9 nitrogen and oxygen atoms in total. The molecule has 0 fully saturated rings. The number of rotatable bonds is 7. The zero-order valence-corrected chi connectivity index (χ0v) is 26.0. The van der Waals surface area contributed by atoms with Crippen molar-refractivity contribution in [1.82, 2.24) is 10.2 Å². The molecule has 5 rings (SSSR count). The Labute approximate surface area is 261 Å². The van der Waals surface area contributed by atoms with Crippen LogP contribution < -0.4 is 20.7 Å². The van der Waals surface area contributed by atoms with E-state index in [1.807, 2.05) is 26.0 Å². The quantitative estimate of drug-likeness (QED) is 0.276. The second-order valence-electron chi connectivity index (χ2n) is 10.6. The van der Waals surface area contributed by atoms with Crippen molar-refractivity contribution in [2.24, 2.45) is 11.1 Å². The highest BCUT2D eigenvalue weighted by Crippen LogP contribution is 2.50. The van der Waals surface area contributed by atoms with Gasteiger partial charge in [0.2, 0.25) is 11.0 Å². The third-order valence-corrected chi connectivity index (χ3v) is 9.54. The highest BCUT2D eigenvalue weighted by molar-refractivity contribution is 8.01. The van der Waals surface area contributed by atoms with E-state index in [9.17, 15) is 14.9 Å². The number of methoxy groups -OCH3 is 1. The molecule has 2 heterocycles. The third-order valence-electron chi connectivity index (χ3n) is 6.95. The number of nitrogens with zero attached hydrogens (tertiary/aromatic N) is 4. The van der Waals surface area contributed by atoms with Crippen LogP contribution in [0.4, 0.5) is 10.8 Å². The highest BCUT2D eigenvalue weighted by atomic mass is 35.5. The average Bonchev–Trinajstić information content (AvgIpc) is 3.40. The number of aromatic nitrogens is 2. The molecule has 1 aromatic heterocycles. The molecule has 3 N–H and O–H groups in total. The molecule has 0 spiro atoms. The Bertz CT molecular complexity index is 1680. The minimum absolute atomic E-state index is 0.0380. The summed E-state index contributed by atoms with van der Waals surface area (Å²) in [5.41, 5.74) is 9.09. The first kappa shape index (κ1) is 29.9. The number of anilines is 2. The summed E-state index contributed by atoms with van der Waals surface area (Å²) < 4.78 is 5.82. The van der Waals surface area contributed by atoms with Crippen molar-refractivity contribution in [1.29, 1.82) is 5.26 Å². The largest absolute Gasteiger partial charge is 0.497 e. The van der Waals surface area contributed by atoms with Gasteiger partial charge >= 0.3 is 0 Å². The monoisotopic (exact) mass is 640 g/mol. The lowest BCUT2D eigenvalue weighted by molar-refractivity contribution is -0.118. The van der Waals surface area contributed by atoms with Gasteiger partial charge in [0, 0.05) is 22.7 Å². The molecule has 1 aliphatic carbocycles. The van der Waals surface area contributed by atoms with Gasteiger partial charge in [-0.25, -0.2) is 0 Å². The standard InChI is InChI=1S/C29H26Cl2N6O3S2/c1-29(2)11-21-25(22(38)12-29)24(15-4-7-17(40-3)8-5-15)18(13-32)26(33)37(21)27-35-36-28(42-27)41-14-23(39)34-20-9-6-16(30)10-19(20)31/h4-10,24H,11-12,14,33H2,1-3H3,(H,34,39). The smallest absolute Gasteiger partial charge is 0.234 e. The van der Waals surface area contributed by atoms with E-state index in [4.69, 9.17) is 33.7 Å². The van der Waals surface area contributed by atoms with E-state index in [0.29, 0.717) is 55.1 Å². The number of allylic oxidation sites excluding steroid dienone is 3. The number of Topliss-reactive ketones (excluding diaryl/α,β-unsaturated/α-hetero) is 1. The molecule has 13 heteroatoms. The molecular formula is C29H26Cl2N6O3S2. The molecular weight excluding hydrogens is 615 g/mol. The van der Waals surface area contributed by atoms with Crippen molar-refractivity contribution >= 4 is 68.8 Å². The van der Waals surface area contributed by atoms with Crippen LogP contribution in [-0.2, 0) is 9.59 Å². The number of hydrogen-bond acceptors (Lipinski definition) is 10. The minimum Gasteiger partial charge on any atom is -0.497 e. The first-order chi connectivity index (χ1) is 20.0. The third kappa shape index (κ3) is 5.99. The molecule has 2 aliphatic rings. The topological polar surface area (TPSA) is 134 Å². The molecule has 3 aromatic rings. The van der Waals surface area contributed by atoms with Gasteiger partial charge < -0.3 is 15.8 Å². The molecule has 0 saturated carbocycles. The Morgan fingerprint density at radius 3 is 2.64 bits per heavy atom. The van der Waals surface area contributed by atoms with Crippen LogP contribution in [0.1, 0.15) is 38.2 Å². The summed E-state index contributed by atoms with van der Waals surface area (Å²) in [4.78, 5) is 28.0. The molecule has 2 aromatic carbocycles. The summed E-state index contributed by atoms with van der Waals surface area (Å²) in [6, 6.07) is 14.4. The summed E-state index contributed by atoms with van der Waals surface area (Å²) in [7, 11) is 1.58. The maximum atomic E-state index is 13.7. The predicted octanol–water partition coefficient (Wildman–Crippen LogP) is 6.53. The molecule has 1 atom stereocenters. The average molecular weight is 642 g/mol. The lowest BCUT2D eigenvalue weighted by Gasteiger charge is -2.42. The molecule has 1 amide bonds. The molecule has 216 valence electrons. The first-order valence-electron chi connectivity index (χ1n) is 12.8. The second-order valence-corrected chi connectivity index (χ2v) is 13.6. The van der Waals surface area contributed by atoms with Gasteiger partial charge in [0.1, 0.15) is 11.6 Å². The summed E-state index contributed by atoms with van der Waals surface area (Å²) >= 11 is 14.5. The number of nitriles is 1. The zero-order chi connectivity index (χ0) is 30.2. The number of ketones is 1. The Morgan fingerprint density at radius 1 is 1.24 bits per heavy atom. The maximum Gasteiger partial charge on any atom is 0.234 e. The van der Waals surface area contributed by atoms with Crippen LogP contribution >= 0.6 is 46.3 Å². The van der Waals surface area contributed by atoms with Crippen LogP contribution in [0, 0.1) is 16.7 Å². The van der Waals surface area contributed by atoms with Gasteiger partial charge in [-0.05, 0) is 47.7 Å². The van der Waals surface area contributed by atoms with E-state index in [1.165, 1.54) is 23.1 Å². The maximum absolute atomic E-state index is 13.7. The van der Waals surface area contributed by atoms with E-state index >= 15 is 0 Å². The van der Waals surface area contributed by atoms with E-state index < -0.39 is 5.92 Å². The van der Waals surface area contributed by atoms with Crippen molar-refractivity contribution in [3.05, 3.63) is 80.7 Å². The zero-order valence-electron chi connectivity index (χ0n) is 22.9. The number of halogens is 2. The molecule has 1 unspecified atom stereocenters. The fraction of sp³-hybridized carbons (Fsp3) is 0.276. The normalized spacial score (nSPS) is 18.0.